The average molecular weight is 488 g/mol. The fraction of sp³-hybridized carbons (Fsp3) is 0.172. The first kappa shape index (κ1) is 24.7. The first-order valence-corrected chi connectivity index (χ1v) is 11.6. The van der Waals surface area contributed by atoms with Crippen LogP contribution < -0.4 is 20.4 Å². The summed E-state index contributed by atoms with van der Waals surface area (Å²) in [6.45, 7) is 2.93. The number of ether oxygens (including phenoxy) is 2. The number of hydrogen-bond donors (Lipinski definition) is 1. The molecule has 0 fully saturated rings. The Hall–Kier alpha value is -4.39. The van der Waals surface area contributed by atoms with Gasteiger partial charge in [-0.1, -0.05) is 24.3 Å². The lowest BCUT2D eigenvalue weighted by atomic mass is 10.1. The molecule has 1 aromatic heterocycles. The highest BCUT2D eigenvalue weighted by Gasteiger charge is 2.05. The molecule has 7 heteroatoms. The molecular formula is C29H26FNO5. The molecule has 0 radical (unpaired) electrons. The van der Waals surface area contributed by atoms with Crippen molar-refractivity contribution in [2.24, 2.45) is 0 Å². The SMILES string of the molecule is Cc1cc(=O)oc2cc(OCCCCOc3ccc(/C=C/C(=O)Nc4ccccc4F)cc3)ccc12. The van der Waals surface area contributed by atoms with Crippen LogP contribution in [-0.4, -0.2) is 19.1 Å². The number of unbranched alkanes of at least 4 members (excludes halogenated alkanes) is 1. The van der Waals surface area contributed by atoms with E-state index in [-0.39, 0.29) is 11.3 Å². The van der Waals surface area contributed by atoms with E-state index < -0.39 is 11.7 Å². The van der Waals surface area contributed by atoms with Crippen LogP contribution in [0.5, 0.6) is 11.5 Å². The molecule has 6 nitrogen and oxygen atoms in total. The Labute approximate surface area is 208 Å². The predicted molar refractivity (Wildman–Crippen MR) is 138 cm³/mol. The van der Waals surface area contributed by atoms with Crippen LogP contribution in [0, 0.1) is 12.7 Å². The highest BCUT2D eigenvalue weighted by molar-refractivity contribution is 6.02. The highest BCUT2D eigenvalue weighted by Crippen LogP contribution is 2.22. The molecule has 0 aliphatic rings. The molecule has 4 aromatic rings. The summed E-state index contributed by atoms with van der Waals surface area (Å²) in [6.07, 6.45) is 4.61. The van der Waals surface area contributed by atoms with Gasteiger partial charge in [-0.05, 0) is 73.4 Å². The maximum absolute atomic E-state index is 13.6. The van der Waals surface area contributed by atoms with Gasteiger partial charge in [0.15, 0.2) is 0 Å². The molecule has 0 bridgehead atoms. The monoisotopic (exact) mass is 487 g/mol. The number of anilines is 1. The second kappa shape index (κ2) is 11.8. The molecule has 1 N–H and O–H groups in total. The van der Waals surface area contributed by atoms with E-state index in [0.29, 0.717) is 24.5 Å². The summed E-state index contributed by atoms with van der Waals surface area (Å²) < 4.78 is 30.4. The van der Waals surface area contributed by atoms with E-state index in [2.05, 4.69) is 5.32 Å². The number of aryl methyl sites for hydroxylation is 1. The zero-order valence-electron chi connectivity index (χ0n) is 19.8. The molecule has 0 spiro atoms. The van der Waals surface area contributed by atoms with Crippen LogP contribution >= 0.6 is 0 Å². The molecule has 0 saturated heterocycles. The summed E-state index contributed by atoms with van der Waals surface area (Å²) in [7, 11) is 0. The minimum Gasteiger partial charge on any atom is -0.494 e. The van der Waals surface area contributed by atoms with Gasteiger partial charge in [0.1, 0.15) is 22.9 Å². The smallest absolute Gasteiger partial charge is 0.336 e. The number of halogens is 1. The molecule has 0 aliphatic heterocycles. The van der Waals surface area contributed by atoms with Crippen LogP contribution in [-0.2, 0) is 4.79 Å². The van der Waals surface area contributed by atoms with Crippen LogP contribution in [0.4, 0.5) is 10.1 Å². The molecule has 0 unspecified atom stereocenters. The van der Waals surface area contributed by atoms with E-state index in [1.807, 2.05) is 43.3 Å². The van der Waals surface area contributed by atoms with Crippen molar-refractivity contribution in [3.8, 4) is 11.5 Å². The third-order valence-electron chi connectivity index (χ3n) is 5.44. The Kier molecular flexibility index (Phi) is 8.13. The third-order valence-corrected chi connectivity index (χ3v) is 5.44. The zero-order chi connectivity index (χ0) is 25.3. The molecule has 0 atom stereocenters. The average Bonchev–Trinajstić information content (AvgIpc) is 2.86. The summed E-state index contributed by atoms with van der Waals surface area (Å²) in [5.74, 6) is 0.490. The lowest BCUT2D eigenvalue weighted by molar-refractivity contribution is -0.111. The summed E-state index contributed by atoms with van der Waals surface area (Å²) in [4.78, 5) is 23.6. The molecule has 0 aliphatic carbocycles. The molecule has 4 rings (SSSR count). The minimum atomic E-state index is -0.481. The summed E-state index contributed by atoms with van der Waals surface area (Å²) in [5, 5.41) is 3.40. The van der Waals surface area contributed by atoms with Gasteiger partial charge in [-0.25, -0.2) is 9.18 Å². The summed E-state index contributed by atoms with van der Waals surface area (Å²) >= 11 is 0. The van der Waals surface area contributed by atoms with Crippen molar-refractivity contribution in [2.45, 2.75) is 19.8 Å². The Bertz CT molecular complexity index is 1430. The Morgan fingerprint density at radius 2 is 1.64 bits per heavy atom. The number of benzene rings is 3. The number of rotatable bonds is 10. The minimum absolute atomic E-state index is 0.141. The topological polar surface area (TPSA) is 77.8 Å². The van der Waals surface area contributed by atoms with Gasteiger partial charge in [0.25, 0.3) is 0 Å². The molecule has 3 aromatic carbocycles. The lowest BCUT2D eigenvalue weighted by Crippen LogP contribution is -2.08. The fourth-order valence-electron chi connectivity index (χ4n) is 3.56. The normalized spacial score (nSPS) is 11.1. The number of hydrogen-bond acceptors (Lipinski definition) is 5. The molecule has 1 amide bonds. The van der Waals surface area contributed by atoms with Gasteiger partial charge < -0.3 is 19.2 Å². The Morgan fingerprint density at radius 3 is 2.39 bits per heavy atom. The van der Waals surface area contributed by atoms with Crippen molar-refractivity contribution in [2.75, 3.05) is 18.5 Å². The van der Waals surface area contributed by atoms with Gasteiger partial charge in [0.2, 0.25) is 5.91 Å². The lowest BCUT2D eigenvalue weighted by Gasteiger charge is -2.09. The van der Waals surface area contributed by atoms with Crippen LogP contribution in [0.1, 0.15) is 24.0 Å². The van der Waals surface area contributed by atoms with Gasteiger partial charge in [0, 0.05) is 23.6 Å². The second-order valence-electron chi connectivity index (χ2n) is 8.18. The standard InChI is InChI=1S/C29H26FNO5/c1-20-18-29(33)36-27-19-23(13-14-24(20)27)35-17-5-4-16-34-22-11-8-21(9-12-22)10-15-28(32)31-26-7-3-2-6-25(26)30/h2-3,6-15,18-19H,4-5,16-17H2,1H3,(H,31,32)/b15-10+. The number of nitrogens with one attached hydrogen (secondary N) is 1. The van der Waals surface area contributed by atoms with Gasteiger partial charge in [-0.3, -0.25) is 4.79 Å². The predicted octanol–water partition coefficient (Wildman–Crippen LogP) is 6.13. The van der Waals surface area contributed by atoms with Crippen molar-refractivity contribution in [1.29, 1.82) is 0 Å². The van der Waals surface area contributed by atoms with Crippen molar-refractivity contribution >= 4 is 28.6 Å². The van der Waals surface area contributed by atoms with Gasteiger partial charge in [-0.2, -0.15) is 0 Å². The van der Waals surface area contributed by atoms with E-state index in [9.17, 15) is 14.0 Å². The van der Waals surface area contributed by atoms with Crippen molar-refractivity contribution in [3.05, 3.63) is 106 Å². The van der Waals surface area contributed by atoms with E-state index >= 15 is 0 Å². The molecule has 1 heterocycles. The second-order valence-corrected chi connectivity index (χ2v) is 8.18. The number of amides is 1. The van der Waals surface area contributed by atoms with Crippen LogP contribution in [0.25, 0.3) is 17.0 Å². The molecule has 36 heavy (non-hydrogen) atoms. The Balaban J connectivity index is 1.17. The van der Waals surface area contributed by atoms with Gasteiger partial charge in [-0.15, -0.1) is 0 Å². The van der Waals surface area contributed by atoms with Crippen LogP contribution in [0.2, 0.25) is 0 Å². The van der Waals surface area contributed by atoms with E-state index in [4.69, 9.17) is 13.9 Å². The molecule has 0 saturated carbocycles. The first-order valence-electron chi connectivity index (χ1n) is 11.6. The van der Waals surface area contributed by atoms with E-state index in [0.717, 1.165) is 35.1 Å². The number of carbonyl (C=O) groups excluding carboxylic acids is 1. The van der Waals surface area contributed by atoms with E-state index in [1.54, 1.807) is 24.3 Å². The van der Waals surface area contributed by atoms with Crippen LogP contribution in [0.3, 0.4) is 0 Å². The quantitative estimate of drug-likeness (QED) is 0.165. The van der Waals surface area contributed by atoms with Gasteiger partial charge >= 0.3 is 5.63 Å². The van der Waals surface area contributed by atoms with Crippen molar-refractivity contribution in [3.63, 3.8) is 0 Å². The van der Waals surface area contributed by atoms with Crippen molar-refractivity contribution in [1.82, 2.24) is 0 Å². The van der Waals surface area contributed by atoms with Gasteiger partial charge in [0.05, 0.1) is 18.9 Å². The van der Waals surface area contributed by atoms with E-state index in [1.165, 1.54) is 24.3 Å². The molecular weight excluding hydrogens is 461 g/mol. The number of carbonyl (C=O) groups is 1. The third kappa shape index (κ3) is 6.82. The van der Waals surface area contributed by atoms with Crippen molar-refractivity contribution < 1.29 is 23.1 Å². The van der Waals surface area contributed by atoms with Crippen LogP contribution in [0.15, 0.2) is 88.1 Å². The highest BCUT2D eigenvalue weighted by atomic mass is 19.1. The maximum Gasteiger partial charge on any atom is 0.336 e. The first-order chi connectivity index (χ1) is 17.5. The number of para-hydroxylation sites is 1. The summed E-state index contributed by atoms with van der Waals surface area (Å²) in [5.41, 5.74) is 1.98. The fourth-order valence-corrected chi connectivity index (χ4v) is 3.56. The zero-order valence-corrected chi connectivity index (χ0v) is 19.8. The molecule has 184 valence electrons. The maximum atomic E-state index is 13.6. The summed E-state index contributed by atoms with van der Waals surface area (Å²) in [6, 6.07) is 20.3. The largest absolute Gasteiger partial charge is 0.494 e. The Morgan fingerprint density at radius 1 is 0.944 bits per heavy atom. The number of fused-ring (bicyclic) bond motifs is 1.